The van der Waals surface area contributed by atoms with Crippen LogP contribution in [0.3, 0.4) is 0 Å². The van der Waals surface area contributed by atoms with Crippen LogP contribution in [-0.2, 0) is 7.05 Å². The molecule has 4 nitrogen and oxygen atoms in total. The first-order valence-corrected chi connectivity index (χ1v) is 3.99. The van der Waals surface area contributed by atoms with E-state index in [2.05, 4.69) is 4.42 Å². The molecule has 0 saturated heterocycles. The first kappa shape index (κ1) is 9.57. The molecule has 0 spiro atoms. The van der Waals surface area contributed by atoms with Gasteiger partial charge >= 0.3 is 11.4 Å². The molecule has 78 valence electrons. The topological polar surface area (TPSA) is 52.2 Å². The Morgan fingerprint density at radius 3 is 2.47 bits per heavy atom. The predicted molar refractivity (Wildman–Crippen MR) is 47.6 cm³/mol. The van der Waals surface area contributed by atoms with E-state index in [1.165, 1.54) is 7.05 Å². The zero-order valence-electron chi connectivity index (χ0n) is 7.58. The monoisotopic (exact) mass is 213 g/mol. The van der Waals surface area contributed by atoms with Crippen LogP contribution in [0, 0.1) is 11.6 Å². The Balaban J connectivity index is 3.11. The van der Waals surface area contributed by atoms with Crippen molar-refractivity contribution in [1.82, 2.24) is 4.57 Å². The number of aryl methyl sites for hydroxylation is 1. The highest BCUT2D eigenvalue weighted by molar-refractivity contribution is 5.77. The van der Waals surface area contributed by atoms with Gasteiger partial charge in [-0.05, 0) is 6.07 Å². The van der Waals surface area contributed by atoms with E-state index in [0.717, 1.165) is 10.6 Å². The molecule has 1 aromatic carbocycles. The van der Waals surface area contributed by atoms with Crippen LogP contribution in [-0.4, -0.2) is 4.57 Å². The third-order valence-corrected chi connectivity index (χ3v) is 2.07. The highest BCUT2D eigenvalue weighted by Gasteiger charge is 2.11. The van der Waals surface area contributed by atoms with Crippen LogP contribution in [0.4, 0.5) is 8.78 Å². The molecule has 0 aliphatic carbocycles. The molecule has 2 rings (SSSR count). The summed E-state index contributed by atoms with van der Waals surface area (Å²) in [6.45, 7) is 0. The van der Waals surface area contributed by atoms with Crippen LogP contribution in [0.2, 0.25) is 0 Å². The van der Waals surface area contributed by atoms with Crippen LogP contribution in [0.15, 0.2) is 26.1 Å². The molecule has 0 amide bonds. The molecule has 6 heteroatoms. The summed E-state index contributed by atoms with van der Waals surface area (Å²) in [5.74, 6) is -3.20. The summed E-state index contributed by atoms with van der Waals surface area (Å²) in [4.78, 5) is 22.2. The summed E-state index contributed by atoms with van der Waals surface area (Å²) in [7, 11) is 1.30. The van der Waals surface area contributed by atoms with Crippen LogP contribution in [0.1, 0.15) is 0 Å². The van der Waals surface area contributed by atoms with E-state index in [-0.39, 0.29) is 10.9 Å². The van der Waals surface area contributed by atoms with Gasteiger partial charge < -0.3 is 4.42 Å². The Kier molecular flexibility index (Phi) is 1.92. The van der Waals surface area contributed by atoms with Crippen LogP contribution in [0.25, 0.3) is 10.9 Å². The molecule has 0 saturated carbocycles. The van der Waals surface area contributed by atoms with Crippen LogP contribution >= 0.6 is 0 Å². The van der Waals surface area contributed by atoms with E-state index in [1.807, 2.05) is 0 Å². The van der Waals surface area contributed by atoms with E-state index in [9.17, 15) is 18.4 Å². The molecule has 1 heterocycles. The van der Waals surface area contributed by atoms with Crippen molar-refractivity contribution in [3.8, 4) is 0 Å². The van der Waals surface area contributed by atoms with E-state index in [4.69, 9.17) is 0 Å². The molecule has 0 unspecified atom stereocenters. The van der Waals surface area contributed by atoms with Crippen molar-refractivity contribution in [2.24, 2.45) is 7.05 Å². The van der Waals surface area contributed by atoms with Crippen molar-refractivity contribution in [1.29, 1.82) is 0 Å². The Morgan fingerprint density at radius 1 is 1.20 bits per heavy atom. The van der Waals surface area contributed by atoms with Crippen LogP contribution < -0.4 is 11.4 Å². The van der Waals surface area contributed by atoms with Crippen LogP contribution in [0.5, 0.6) is 0 Å². The Bertz CT molecular complexity index is 657. The van der Waals surface area contributed by atoms with Gasteiger partial charge in [-0.25, -0.2) is 18.4 Å². The number of aromatic nitrogens is 1. The van der Waals surface area contributed by atoms with E-state index in [0.29, 0.717) is 6.07 Å². The fraction of sp³-hybridized carbons (Fsp3) is 0.111. The van der Waals surface area contributed by atoms with Gasteiger partial charge in [0.15, 0.2) is 11.6 Å². The Morgan fingerprint density at radius 2 is 1.80 bits per heavy atom. The van der Waals surface area contributed by atoms with Gasteiger partial charge in [-0.2, -0.15) is 0 Å². The second-order valence-electron chi connectivity index (χ2n) is 3.00. The maximum atomic E-state index is 12.9. The molecular formula is C9H5F2NO3. The number of rotatable bonds is 0. The molecule has 0 N–H and O–H groups in total. The summed E-state index contributed by atoms with van der Waals surface area (Å²) >= 11 is 0. The standard InChI is InChI=1S/C9H5F2NO3/c1-12-7-3-6(11)5(10)2-4(7)8(13)15-9(12)14/h2-3H,1H3. The lowest BCUT2D eigenvalue weighted by Gasteiger charge is -2.02. The number of benzene rings is 1. The van der Waals surface area contributed by atoms with Gasteiger partial charge in [-0.15, -0.1) is 0 Å². The number of halogens is 2. The average molecular weight is 213 g/mol. The second kappa shape index (κ2) is 3.01. The molecule has 0 aliphatic rings. The first-order valence-electron chi connectivity index (χ1n) is 3.99. The van der Waals surface area contributed by atoms with E-state index < -0.39 is 23.0 Å². The predicted octanol–water partition coefficient (Wildman–Crippen LogP) is 0.770. The molecule has 0 bridgehead atoms. The smallest absolute Gasteiger partial charge is 0.372 e. The minimum atomic E-state index is -1.16. The lowest BCUT2D eigenvalue weighted by molar-refractivity contribution is 0.431. The molecule has 0 aliphatic heterocycles. The van der Waals surface area contributed by atoms with Gasteiger partial charge in [-0.3, -0.25) is 4.57 Å². The van der Waals surface area contributed by atoms with Gasteiger partial charge in [0.1, 0.15) is 0 Å². The quantitative estimate of drug-likeness (QED) is 0.649. The largest absolute Gasteiger partial charge is 0.422 e. The summed E-state index contributed by atoms with van der Waals surface area (Å²) in [5.41, 5.74) is -0.984. The van der Waals surface area contributed by atoms with Gasteiger partial charge in [0.25, 0.3) is 0 Å². The highest BCUT2D eigenvalue weighted by atomic mass is 19.2. The zero-order chi connectivity index (χ0) is 11.2. The molecule has 2 aromatic rings. The SMILES string of the molecule is Cn1c(=O)oc(=O)c2cc(F)c(F)cc21. The fourth-order valence-electron chi connectivity index (χ4n) is 1.28. The molecular weight excluding hydrogens is 208 g/mol. The highest BCUT2D eigenvalue weighted by Crippen LogP contribution is 2.13. The Labute approximate surface area is 81.4 Å². The molecule has 1 aromatic heterocycles. The van der Waals surface area contributed by atoms with Gasteiger partial charge in [-0.1, -0.05) is 0 Å². The zero-order valence-corrected chi connectivity index (χ0v) is 7.58. The third-order valence-electron chi connectivity index (χ3n) is 2.07. The van der Waals surface area contributed by atoms with E-state index >= 15 is 0 Å². The third kappa shape index (κ3) is 1.34. The Hall–Kier alpha value is -1.98. The summed E-state index contributed by atoms with van der Waals surface area (Å²) in [6.07, 6.45) is 0. The molecule has 0 fully saturated rings. The number of fused-ring (bicyclic) bond motifs is 1. The molecule has 0 radical (unpaired) electrons. The molecule has 0 atom stereocenters. The van der Waals surface area contributed by atoms with Gasteiger partial charge in [0.2, 0.25) is 0 Å². The first-order chi connectivity index (χ1) is 7.00. The second-order valence-corrected chi connectivity index (χ2v) is 3.00. The van der Waals surface area contributed by atoms with Crippen molar-refractivity contribution in [2.75, 3.05) is 0 Å². The summed E-state index contributed by atoms with van der Waals surface area (Å²) in [5, 5.41) is -0.170. The van der Waals surface area contributed by atoms with E-state index in [1.54, 1.807) is 0 Å². The van der Waals surface area contributed by atoms with Crippen molar-refractivity contribution in [3.05, 3.63) is 44.7 Å². The number of hydrogen-bond acceptors (Lipinski definition) is 3. The lowest BCUT2D eigenvalue weighted by atomic mass is 10.2. The lowest BCUT2D eigenvalue weighted by Crippen LogP contribution is -2.22. The maximum Gasteiger partial charge on any atom is 0.422 e. The molecule has 15 heavy (non-hydrogen) atoms. The normalized spacial score (nSPS) is 10.9. The van der Waals surface area contributed by atoms with Crippen molar-refractivity contribution in [3.63, 3.8) is 0 Å². The maximum absolute atomic E-state index is 12.9. The van der Waals surface area contributed by atoms with Crippen molar-refractivity contribution >= 4 is 10.9 Å². The summed E-state index contributed by atoms with van der Waals surface area (Å²) < 4.78 is 30.9. The van der Waals surface area contributed by atoms with Gasteiger partial charge in [0.05, 0.1) is 10.9 Å². The minimum absolute atomic E-state index is 0.00449. The van der Waals surface area contributed by atoms with Gasteiger partial charge in [0, 0.05) is 13.1 Å². The minimum Gasteiger partial charge on any atom is -0.372 e. The number of hydrogen-bond donors (Lipinski definition) is 0. The van der Waals surface area contributed by atoms with Crippen molar-refractivity contribution < 1.29 is 13.2 Å². The average Bonchev–Trinajstić information content (AvgIpc) is 2.18. The fourth-order valence-corrected chi connectivity index (χ4v) is 1.28. The number of nitrogens with zero attached hydrogens (tertiary/aromatic N) is 1. The van der Waals surface area contributed by atoms with Crippen molar-refractivity contribution in [2.45, 2.75) is 0 Å². The summed E-state index contributed by atoms with van der Waals surface area (Å²) in [6, 6.07) is 1.49.